The van der Waals surface area contributed by atoms with Gasteiger partial charge in [-0.2, -0.15) is 5.26 Å². The van der Waals surface area contributed by atoms with Gasteiger partial charge in [-0.15, -0.1) is 0 Å². The standard InChI is InChI=1S/C11H21N3O/c1-9(2)13-11(6-12)8-14-4-5-15-10(3)7-14/h9-11,13H,4-5,7-8H2,1-3H3. The molecule has 0 spiro atoms. The van der Waals surface area contributed by atoms with E-state index in [9.17, 15) is 0 Å². The van der Waals surface area contributed by atoms with E-state index in [-0.39, 0.29) is 12.1 Å². The molecule has 1 rings (SSSR count). The summed E-state index contributed by atoms with van der Waals surface area (Å²) in [5.74, 6) is 0. The van der Waals surface area contributed by atoms with Crippen LogP contribution in [-0.4, -0.2) is 49.3 Å². The Morgan fingerprint density at radius 2 is 2.33 bits per heavy atom. The molecule has 86 valence electrons. The van der Waals surface area contributed by atoms with Crippen molar-refractivity contribution in [1.29, 1.82) is 5.26 Å². The molecule has 1 fully saturated rings. The van der Waals surface area contributed by atoms with Crippen LogP contribution < -0.4 is 5.32 Å². The maximum atomic E-state index is 9.00. The highest BCUT2D eigenvalue weighted by molar-refractivity contribution is 4.93. The summed E-state index contributed by atoms with van der Waals surface area (Å²) in [5.41, 5.74) is 0. The third-order valence-corrected chi connectivity index (χ3v) is 2.46. The third-order valence-electron chi connectivity index (χ3n) is 2.46. The van der Waals surface area contributed by atoms with Crippen LogP contribution in [0, 0.1) is 11.3 Å². The number of hydrogen-bond donors (Lipinski definition) is 1. The first kappa shape index (κ1) is 12.4. The maximum Gasteiger partial charge on any atom is 0.108 e. The molecule has 0 aromatic carbocycles. The van der Waals surface area contributed by atoms with E-state index in [1.807, 2.05) is 0 Å². The number of nitriles is 1. The summed E-state index contributed by atoms with van der Waals surface area (Å²) in [7, 11) is 0. The Morgan fingerprint density at radius 1 is 1.60 bits per heavy atom. The predicted molar refractivity (Wildman–Crippen MR) is 59.5 cm³/mol. The first-order valence-corrected chi connectivity index (χ1v) is 5.61. The largest absolute Gasteiger partial charge is 0.376 e. The van der Waals surface area contributed by atoms with Gasteiger partial charge in [0.15, 0.2) is 0 Å². The Kier molecular flexibility index (Phi) is 5.03. The number of nitrogens with one attached hydrogen (secondary N) is 1. The molecule has 0 aliphatic carbocycles. The fraction of sp³-hybridized carbons (Fsp3) is 0.909. The fourth-order valence-corrected chi connectivity index (χ4v) is 1.85. The lowest BCUT2D eigenvalue weighted by molar-refractivity contribution is -0.0195. The molecule has 0 radical (unpaired) electrons. The Balaban J connectivity index is 2.34. The highest BCUT2D eigenvalue weighted by Gasteiger charge is 2.20. The second kappa shape index (κ2) is 6.06. The van der Waals surface area contributed by atoms with Crippen molar-refractivity contribution >= 4 is 0 Å². The molecular weight excluding hydrogens is 190 g/mol. The van der Waals surface area contributed by atoms with Crippen LogP contribution in [0.1, 0.15) is 20.8 Å². The van der Waals surface area contributed by atoms with Crippen molar-refractivity contribution in [2.24, 2.45) is 0 Å². The molecule has 0 amide bonds. The van der Waals surface area contributed by atoms with Crippen LogP contribution in [0.4, 0.5) is 0 Å². The monoisotopic (exact) mass is 211 g/mol. The van der Waals surface area contributed by atoms with Gasteiger partial charge in [-0.05, 0) is 20.8 Å². The number of hydrogen-bond acceptors (Lipinski definition) is 4. The van der Waals surface area contributed by atoms with E-state index in [0.717, 1.165) is 26.2 Å². The third kappa shape index (κ3) is 4.61. The van der Waals surface area contributed by atoms with E-state index in [4.69, 9.17) is 10.00 Å². The van der Waals surface area contributed by atoms with Crippen LogP contribution in [-0.2, 0) is 4.74 Å². The first-order valence-electron chi connectivity index (χ1n) is 5.61. The van der Waals surface area contributed by atoms with E-state index in [1.165, 1.54) is 0 Å². The molecule has 0 bridgehead atoms. The zero-order chi connectivity index (χ0) is 11.3. The van der Waals surface area contributed by atoms with E-state index in [1.54, 1.807) is 0 Å². The molecule has 4 heteroatoms. The Hall–Kier alpha value is -0.630. The molecule has 1 saturated heterocycles. The van der Waals surface area contributed by atoms with Gasteiger partial charge in [0.1, 0.15) is 6.04 Å². The SMILES string of the molecule is CC(C)NC(C#N)CN1CCOC(C)C1. The molecule has 4 nitrogen and oxygen atoms in total. The van der Waals surface area contributed by atoms with Gasteiger partial charge in [0, 0.05) is 25.7 Å². The lowest BCUT2D eigenvalue weighted by Crippen LogP contribution is -2.48. The number of rotatable bonds is 4. The molecule has 1 heterocycles. The highest BCUT2D eigenvalue weighted by Crippen LogP contribution is 2.05. The quantitative estimate of drug-likeness (QED) is 0.739. The molecule has 2 atom stereocenters. The lowest BCUT2D eigenvalue weighted by atomic mass is 10.2. The van der Waals surface area contributed by atoms with Crippen LogP contribution in [0.3, 0.4) is 0 Å². The van der Waals surface area contributed by atoms with Crippen LogP contribution in [0.25, 0.3) is 0 Å². The molecule has 1 aliphatic rings. The molecule has 1 aliphatic heterocycles. The maximum absolute atomic E-state index is 9.00. The van der Waals surface area contributed by atoms with Crippen molar-refractivity contribution in [2.45, 2.75) is 39.0 Å². The first-order chi connectivity index (χ1) is 7.11. The molecule has 15 heavy (non-hydrogen) atoms. The predicted octanol–water partition coefficient (Wildman–Crippen LogP) is 0.597. The highest BCUT2D eigenvalue weighted by atomic mass is 16.5. The molecular formula is C11H21N3O. The number of morpholine rings is 1. The van der Waals surface area contributed by atoms with Crippen molar-refractivity contribution in [3.63, 3.8) is 0 Å². The van der Waals surface area contributed by atoms with Crippen LogP contribution in [0.5, 0.6) is 0 Å². The average molecular weight is 211 g/mol. The molecule has 0 aromatic rings. The van der Waals surface area contributed by atoms with Gasteiger partial charge in [0.2, 0.25) is 0 Å². The second-order valence-electron chi connectivity index (χ2n) is 4.44. The Morgan fingerprint density at radius 3 is 2.87 bits per heavy atom. The van der Waals surface area contributed by atoms with Gasteiger partial charge < -0.3 is 4.74 Å². The summed E-state index contributed by atoms with van der Waals surface area (Å²) >= 11 is 0. The molecule has 0 aromatic heterocycles. The number of nitrogens with zero attached hydrogens (tertiary/aromatic N) is 2. The zero-order valence-electron chi connectivity index (χ0n) is 9.86. The molecule has 2 unspecified atom stereocenters. The fourth-order valence-electron chi connectivity index (χ4n) is 1.85. The topological polar surface area (TPSA) is 48.3 Å². The second-order valence-corrected chi connectivity index (χ2v) is 4.44. The summed E-state index contributed by atoms with van der Waals surface area (Å²) in [5, 5.41) is 12.2. The summed E-state index contributed by atoms with van der Waals surface area (Å²) < 4.78 is 5.46. The van der Waals surface area contributed by atoms with Crippen molar-refractivity contribution in [1.82, 2.24) is 10.2 Å². The van der Waals surface area contributed by atoms with E-state index < -0.39 is 0 Å². The van der Waals surface area contributed by atoms with E-state index >= 15 is 0 Å². The number of ether oxygens (including phenoxy) is 1. The van der Waals surface area contributed by atoms with Crippen molar-refractivity contribution in [3.05, 3.63) is 0 Å². The molecule has 1 N–H and O–H groups in total. The lowest BCUT2D eigenvalue weighted by Gasteiger charge is -2.32. The normalized spacial score (nSPS) is 25.1. The van der Waals surface area contributed by atoms with Crippen LogP contribution in [0.2, 0.25) is 0 Å². The minimum atomic E-state index is -0.0738. The van der Waals surface area contributed by atoms with Crippen molar-refractivity contribution in [2.75, 3.05) is 26.2 Å². The minimum Gasteiger partial charge on any atom is -0.376 e. The van der Waals surface area contributed by atoms with Gasteiger partial charge in [-0.25, -0.2) is 0 Å². The van der Waals surface area contributed by atoms with Gasteiger partial charge in [-0.1, -0.05) is 0 Å². The van der Waals surface area contributed by atoms with E-state index in [0.29, 0.717) is 6.04 Å². The average Bonchev–Trinajstić information content (AvgIpc) is 2.16. The van der Waals surface area contributed by atoms with Crippen molar-refractivity contribution < 1.29 is 4.74 Å². The van der Waals surface area contributed by atoms with Crippen molar-refractivity contribution in [3.8, 4) is 6.07 Å². The van der Waals surface area contributed by atoms with Crippen LogP contribution >= 0.6 is 0 Å². The smallest absolute Gasteiger partial charge is 0.108 e. The zero-order valence-corrected chi connectivity index (χ0v) is 9.86. The minimum absolute atomic E-state index is 0.0738. The van der Waals surface area contributed by atoms with Gasteiger partial charge in [-0.3, -0.25) is 10.2 Å². The Bertz CT molecular complexity index is 224. The summed E-state index contributed by atoms with van der Waals surface area (Å²) in [6, 6.07) is 2.58. The Labute approximate surface area is 92.2 Å². The summed E-state index contributed by atoms with van der Waals surface area (Å²) in [6.45, 7) is 9.63. The van der Waals surface area contributed by atoms with Gasteiger partial charge >= 0.3 is 0 Å². The van der Waals surface area contributed by atoms with Gasteiger partial charge in [0.25, 0.3) is 0 Å². The van der Waals surface area contributed by atoms with Gasteiger partial charge in [0.05, 0.1) is 18.8 Å². The van der Waals surface area contributed by atoms with Crippen LogP contribution in [0.15, 0.2) is 0 Å². The molecule has 0 saturated carbocycles. The van der Waals surface area contributed by atoms with E-state index in [2.05, 4.69) is 37.1 Å². The summed E-state index contributed by atoms with van der Waals surface area (Å²) in [4.78, 5) is 2.29. The summed E-state index contributed by atoms with van der Waals surface area (Å²) in [6.07, 6.45) is 0.289.